The van der Waals surface area contributed by atoms with Crippen LogP contribution in [0.1, 0.15) is 24.8 Å². The summed E-state index contributed by atoms with van der Waals surface area (Å²) in [5.74, 6) is 1.36. The molecule has 2 aliphatic rings. The maximum atomic E-state index is 13.7. The van der Waals surface area contributed by atoms with Gasteiger partial charge in [-0.05, 0) is 66.7 Å². The summed E-state index contributed by atoms with van der Waals surface area (Å²) in [5, 5.41) is 10.2. The van der Waals surface area contributed by atoms with Crippen molar-refractivity contribution in [1.82, 2.24) is 0 Å². The number of aliphatic hydroxyl groups is 1. The van der Waals surface area contributed by atoms with Crippen molar-refractivity contribution in [2.45, 2.75) is 25.7 Å². The third kappa shape index (κ3) is 2.09. The lowest BCUT2D eigenvalue weighted by atomic mass is 9.78. The van der Waals surface area contributed by atoms with Crippen molar-refractivity contribution in [2.24, 2.45) is 17.3 Å². The Morgan fingerprint density at radius 1 is 1.35 bits per heavy atom. The Labute approximate surface area is 106 Å². The van der Waals surface area contributed by atoms with Gasteiger partial charge >= 0.3 is 0 Å². The maximum absolute atomic E-state index is 13.7. The van der Waals surface area contributed by atoms with E-state index in [1.54, 1.807) is 12.1 Å². The normalized spacial score (nSPS) is 34.8. The van der Waals surface area contributed by atoms with Crippen LogP contribution in [0.4, 0.5) is 4.39 Å². The average molecular weight is 255 g/mol. The molecule has 1 N–H and O–H groups in total. The van der Waals surface area contributed by atoms with Crippen LogP contribution in [0.2, 0.25) is 5.02 Å². The summed E-state index contributed by atoms with van der Waals surface area (Å²) in [4.78, 5) is 0. The molecule has 0 saturated heterocycles. The molecule has 2 atom stereocenters. The molecule has 1 nitrogen and oxygen atoms in total. The van der Waals surface area contributed by atoms with E-state index in [0.29, 0.717) is 17.0 Å². The highest BCUT2D eigenvalue weighted by Crippen LogP contribution is 2.60. The molecule has 1 aromatic rings. The Kier molecular flexibility index (Phi) is 2.68. The molecular weight excluding hydrogens is 239 g/mol. The van der Waals surface area contributed by atoms with Crippen LogP contribution in [0.5, 0.6) is 0 Å². The molecule has 3 heteroatoms. The molecule has 0 spiro atoms. The zero-order chi connectivity index (χ0) is 12.0. The molecule has 0 aliphatic heterocycles. The first-order valence-corrected chi connectivity index (χ1v) is 6.54. The molecule has 0 bridgehead atoms. The molecule has 2 saturated carbocycles. The van der Waals surface area contributed by atoms with Gasteiger partial charge in [-0.15, -0.1) is 0 Å². The van der Waals surface area contributed by atoms with E-state index in [2.05, 4.69) is 0 Å². The first-order chi connectivity index (χ1) is 8.12. The summed E-state index contributed by atoms with van der Waals surface area (Å²) >= 11 is 5.90. The number of benzene rings is 1. The number of hydrogen-bond acceptors (Lipinski definition) is 1. The Hall–Kier alpha value is -0.600. The monoisotopic (exact) mass is 254 g/mol. The third-order valence-electron chi connectivity index (χ3n) is 4.37. The number of fused-ring (bicyclic) bond motifs is 1. The van der Waals surface area contributed by atoms with E-state index >= 15 is 0 Å². The molecule has 2 fully saturated rings. The minimum atomic E-state index is -0.206. The summed E-state index contributed by atoms with van der Waals surface area (Å²) in [6, 6.07) is 4.68. The van der Waals surface area contributed by atoms with Gasteiger partial charge in [0.15, 0.2) is 0 Å². The Morgan fingerprint density at radius 3 is 2.71 bits per heavy atom. The zero-order valence-electron chi connectivity index (χ0n) is 9.63. The molecule has 0 radical (unpaired) electrons. The predicted octanol–water partition coefficient (Wildman–Crippen LogP) is 3.43. The second-order valence-corrected chi connectivity index (χ2v) is 6.17. The lowest BCUT2D eigenvalue weighted by Gasteiger charge is -2.28. The molecule has 17 heavy (non-hydrogen) atoms. The lowest BCUT2D eigenvalue weighted by Crippen LogP contribution is -2.26. The molecular formula is C14H16ClFO. The topological polar surface area (TPSA) is 20.2 Å². The van der Waals surface area contributed by atoms with Gasteiger partial charge in [0, 0.05) is 11.6 Å². The minimum Gasteiger partial charge on any atom is -0.396 e. The predicted molar refractivity (Wildman–Crippen MR) is 65.5 cm³/mol. The summed E-state index contributed by atoms with van der Waals surface area (Å²) in [6.45, 7) is 0.159. The largest absolute Gasteiger partial charge is 0.396 e. The summed E-state index contributed by atoms with van der Waals surface area (Å²) in [5.41, 5.74) is 0.548. The van der Waals surface area contributed by atoms with Crippen LogP contribution >= 0.6 is 11.6 Å². The van der Waals surface area contributed by atoms with Gasteiger partial charge in [-0.2, -0.15) is 0 Å². The van der Waals surface area contributed by atoms with Crippen LogP contribution in [0, 0.1) is 23.1 Å². The summed E-state index contributed by atoms with van der Waals surface area (Å²) < 4.78 is 13.7. The molecule has 2 aliphatic carbocycles. The highest BCUT2D eigenvalue weighted by molar-refractivity contribution is 6.30. The van der Waals surface area contributed by atoms with Gasteiger partial charge in [0.25, 0.3) is 0 Å². The van der Waals surface area contributed by atoms with Crippen LogP contribution in [0.15, 0.2) is 18.2 Å². The van der Waals surface area contributed by atoms with E-state index in [1.165, 1.54) is 12.5 Å². The molecule has 0 amide bonds. The first-order valence-electron chi connectivity index (χ1n) is 6.17. The number of aliphatic hydroxyl groups excluding tert-OH is 1. The van der Waals surface area contributed by atoms with E-state index in [0.717, 1.165) is 24.7 Å². The smallest absolute Gasteiger partial charge is 0.126 e. The van der Waals surface area contributed by atoms with Gasteiger partial charge in [0.1, 0.15) is 5.82 Å². The molecule has 3 rings (SSSR count). The van der Waals surface area contributed by atoms with Crippen molar-refractivity contribution in [1.29, 1.82) is 0 Å². The minimum absolute atomic E-state index is 0.0981. The zero-order valence-corrected chi connectivity index (χ0v) is 10.4. The Balaban J connectivity index is 1.83. The highest BCUT2D eigenvalue weighted by Gasteiger charge is 2.53. The fourth-order valence-electron chi connectivity index (χ4n) is 3.42. The van der Waals surface area contributed by atoms with Crippen LogP contribution in [-0.4, -0.2) is 11.7 Å². The SMILES string of the molecule is OCC1(Cc2cc(Cl)ccc2F)CC2CC2C1. The second-order valence-electron chi connectivity index (χ2n) is 5.73. The van der Waals surface area contributed by atoms with Crippen LogP contribution in [0.3, 0.4) is 0 Å². The Bertz CT molecular complexity index is 436. The molecule has 1 aromatic carbocycles. The summed E-state index contributed by atoms with van der Waals surface area (Å²) in [7, 11) is 0. The van der Waals surface area contributed by atoms with Crippen molar-refractivity contribution >= 4 is 11.6 Å². The van der Waals surface area contributed by atoms with E-state index in [4.69, 9.17) is 11.6 Å². The van der Waals surface area contributed by atoms with Gasteiger partial charge in [0.05, 0.1) is 0 Å². The number of hydrogen-bond donors (Lipinski definition) is 1. The second kappa shape index (κ2) is 3.96. The van der Waals surface area contributed by atoms with Gasteiger partial charge in [-0.1, -0.05) is 11.6 Å². The van der Waals surface area contributed by atoms with E-state index in [-0.39, 0.29) is 17.8 Å². The first kappa shape index (κ1) is 11.5. The Morgan fingerprint density at radius 2 is 2.06 bits per heavy atom. The van der Waals surface area contributed by atoms with E-state index < -0.39 is 0 Å². The van der Waals surface area contributed by atoms with Gasteiger partial charge < -0.3 is 5.11 Å². The quantitative estimate of drug-likeness (QED) is 0.876. The number of halogens is 2. The third-order valence-corrected chi connectivity index (χ3v) is 4.60. The fourth-order valence-corrected chi connectivity index (χ4v) is 3.61. The van der Waals surface area contributed by atoms with Crippen LogP contribution in [-0.2, 0) is 6.42 Å². The fraction of sp³-hybridized carbons (Fsp3) is 0.571. The standard InChI is InChI=1S/C14H16ClFO/c15-12-1-2-13(16)11(4-12)7-14(8-17)5-9-3-10(9)6-14/h1-2,4,9-10,17H,3,5-8H2. The van der Waals surface area contributed by atoms with Gasteiger partial charge in [-0.25, -0.2) is 4.39 Å². The molecule has 0 aromatic heterocycles. The van der Waals surface area contributed by atoms with Crippen molar-refractivity contribution < 1.29 is 9.50 Å². The maximum Gasteiger partial charge on any atom is 0.126 e. The molecule has 0 heterocycles. The average Bonchev–Trinajstić information content (AvgIpc) is 2.92. The van der Waals surface area contributed by atoms with Crippen molar-refractivity contribution in [3.8, 4) is 0 Å². The molecule has 92 valence electrons. The van der Waals surface area contributed by atoms with E-state index in [1.807, 2.05) is 0 Å². The molecule has 2 unspecified atom stereocenters. The van der Waals surface area contributed by atoms with E-state index in [9.17, 15) is 9.50 Å². The summed E-state index contributed by atoms with van der Waals surface area (Å²) in [6.07, 6.45) is 4.00. The van der Waals surface area contributed by atoms with Crippen LogP contribution in [0.25, 0.3) is 0 Å². The van der Waals surface area contributed by atoms with Crippen molar-refractivity contribution in [2.75, 3.05) is 6.61 Å². The van der Waals surface area contributed by atoms with Gasteiger partial charge in [0.2, 0.25) is 0 Å². The van der Waals surface area contributed by atoms with Crippen molar-refractivity contribution in [3.05, 3.63) is 34.6 Å². The number of rotatable bonds is 3. The van der Waals surface area contributed by atoms with Gasteiger partial charge in [-0.3, -0.25) is 0 Å². The van der Waals surface area contributed by atoms with Crippen LogP contribution < -0.4 is 0 Å². The van der Waals surface area contributed by atoms with Crippen molar-refractivity contribution in [3.63, 3.8) is 0 Å². The highest BCUT2D eigenvalue weighted by atomic mass is 35.5. The lowest BCUT2D eigenvalue weighted by molar-refractivity contribution is 0.116.